The van der Waals surface area contributed by atoms with Crippen LogP contribution >= 0.6 is 11.6 Å². The average Bonchev–Trinajstić information content (AvgIpc) is 2.36. The van der Waals surface area contributed by atoms with Gasteiger partial charge < -0.3 is 0 Å². The molecule has 2 aromatic rings. The quantitative estimate of drug-likeness (QED) is 0.587. The largest absolute Gasteiger partial charge is 0.136 e. The van der Waals surface area contributed by atoms with Crippen molar-refractivity contribution in [1.29, 1.82) is 0 Å². The lowest BCUT2D eigenvalue weighted by Gasteiger charge is -2.14. The number of aryl methyl sites for hydroxylation is 2. The van der Waals surface area contributed by atoms with E-state index >= 15 is 0 Å². The SMILES string of the molecule is Cc1ccc([Si](CCl)c2ccccc2)cc1C. The van der Waals surface area contributed by atoms with Gasteiger partial charge in [0, 0.05) is 5.50 Å². The molecule has 2 rings (SSSR count). The normalized spacial score (nSPS) is 10.8. The van der Waals surface area contributed by atoms with Crippen molar-refractivity contribution >= 4 is 30.8 Å². The van der Waals surface area contributed by atoms with Crippen molar-refractivity contribution < 1.29 is 0 Å². The van der Waals surface area contributed by atoms with Crippen LogP contribution in [0.25, 0.3) is 0 Å². The molecule has 0 saturated carbocycles. The van der Waals surface area contributed by atoms with Gasteiger partial charge in [0.15, 0.2) is 0 Å². The first kappa shape index (κ1) is 12.4. The minimum atomic E-state index is -0.812. The van der Waals surface area contributed by atoms with E-state index in [0.717, 1.165) is 5.50 Å². The number of benzene rings is 2. The smallest absolute Gasteiger partial charge is 0.130 e. The molecule has 0 unspecified atom stereocenters. The molecule has 2 heteroatoms. The first-order valence-electron chi connectivity index (χ1n) is 5.77. The molecule has 0 atom stereocenters. The van der Waals surface area contributed by atoms with Gasteiger partial charge in [-0.2, -0.15) is 0 Å². The lowest BCUT2D eigenvalue weighted by Crippen LogP contribution is -2.44. The standard InChI is InChI=1S/C15H16ClSi/c1-12-8-9-15(10-13(12)2)17(11-16)14-6-4-3-5-7-14/h3-10H,11H2,1-2H3. The summed E-state index contributed by atoms with van der Waals surface area (Å²) in [6.45, 7) is 4.31. The van der Waals surface area contributed by atoms with Gasteiger partial charge in [-0.3, -0.25) is 0 Å². The minimum absolute atomic E-state index is 0.719. The predicted octanol–water partition coefficient (Wildman–Crippen LogP) is 2.69. The van der Waals surface area contributed by atoms with E-state index < -0.39 is 8.80 Å². The van der Waals surface area contributed by atoms with E-state index in [1.165, 1.54) is 21.5 Å². The maximum absolute atomic E-state index is 6.17. The van der Waals surface area contributed by atoms with Crippen molar-refractivity contribution in [3.63, 3.8) is 0 Å². The number of hydrogen-bond acceptors (Lipinski definition) is 0. The molecule has 0 aliphatic rings. The molecule has 0 N–H and O–H groups in total. The fraction of sp³-hybridized carbons (Fsp3) is 0.200. The van der Waals surface area contributed by atoms with Gasteiger partial charge in [-0.1, -0.05) is 58.9 Å². The highest BCUT2D eigenvalue weighted by atomic mass is 35.5. The summed E-state index contributed by atoms with van der Waals surface area (Å²) in [7, 11) is -0.812. The van der Waals surface area contributed by atoms with Crippen molar-refractivity contribution in [2.24, 2.45) is 0 Å². The maximum atomic E-state index is 6.17. The third kappa shape index (κ3) is 2.79. The Kier molecular flexibility index (Phi) is 4.03. The number of alkyl halides is 1. The Balaban J connectivity index is 2.39. The van der Waals surface area contributed by atoms with Crippen molar-refractivity contribution in [3.05, 3.63) is 59.7 Å². The molecule has 0 aromatic heterocycles. The van der Waals surface area contributed by atoms with Crippen LogP contribution in [0, 0.1) is 13.8 Å². The molecule has 0 heterocycles. The lowest BCUT2D eigenvalue weighted by molar-refractivity contribution is 1.35. The van der Waals surface area contributed by atoms with Crippen LogP contribution in [-0.4, -0.2) is 14.3 Å². The first-order chi connectivity index (χ1) is 8.22. The number of halogens is 1. The van der Waals surface area contributed by atoms with Crippen LogP contribution in [0.15, 0.2) is 48.5 Å². The van der Waals surface area contributed by atoms with Gasteiger partial charge in [-0.25, -0.2) is 0 Å². The van der Waals surface area contributed by atoms with Crippen LogP contribution < -0.4 is 10.4 Å². The molecule has 2 aromatic carbocycles. The van der Waals surface area contributed by atoms with E-state index in [2.05, 4.69) is 62.4 Å². The highest BCUT2D eigenvalue weighted by Crippen LogP contribution is 2.04. The van der Waals surface area contributed by atoms with E-state index in [-0.39, 0.29) is 0 Å². The van der Waals surface area contributed by atoms with Crippen LogP contribution in [0.1, 0.15) is 11.1 Å². The second-order valence-corrected chi connectivity index (χ2v) is 7.46. The summed E-state index contributed by atoms with van der Waals surface area (Å²) in [6.07, 6.45) is 0. The summed E-state index contributed by atoms with van der Waals surface area (Å²) in [6, 6.07) is 17.3. The molecule has 0 spiro atoms. The van der Waals surface area contributed by atoms with Crippen LogP contribution in [-0.2, 0) is 0 Å². The van der Waals surface area contributed by atoms with Gasteiger partial charge in [0.25, 0.3) is 0 Å². The van der Waals surface area contributed by atoms with Crippen LogP contribution in [0.5, 0.6) is 0 Å². The maximum Gasteiger partial charge on any atom is 0.136 e. The molecule has 17 heavy (non-hydrogen) atoms. The fourth-order valence-corrected chi connectivity index (χ4v) is 4.73. The molecule has 0 aliphatic carbocycles. The van der Waals surface area contributed by atoms with E-state index in [0.29, 0.717) is 0 Å². The highest BCUT2D eigenvalue weighted by molar-refractivity contribution is 6.89. The Morgan fingerprint density at radius 2 is 1.59 bits per heavy atom. The Morgan fingerprint density at radius 3 is 2.18 bits per heavy atom. The zero-order valence-electron chi connectivity index (χ0n) is 10.2. The Labute approximate surface area is 110 Å². The second kappa shape index (κ2) is 5.52. The Bertz CT molecular complexity index is 494. The molecule has 0 nitrogen and oxygen atoms in total. The Morgan fingerprint density at radius 1 is 0.882 bits per heavy atom. The van der Waals surface area contributed by atoms with E-state index in [4.69, 9.17) is 11.6 Å². The van der Waals surface area contributed by atoms with Crippen LogP contribution in [0.4, 0.5) is 0 Å². The molecule has 87 valence electrons. The van der Waals surface area contributed by atoms with Gasteiger partial charge in [0.1, 0.15) is 8.80 Å². The number of rotatable bonds is 3. The molecule has 1 radical (unpaired) electrons. The third-order valence-corrected chi connectivity index (χ3v) is 6.22. The van der Waals surface area contributed by atoms with E-state index in [1.54, 1.807) is 0 Å². The van der Waals surface area contributed by atoms with E-state index in [1.807, 2.05) is 0 Å². The van der Waals surface area contributed by atoms with Gasteiger partial charge >= 0.3 is 0 Å². The van der Waals surface area contributed by atoms with Crippen molar-refractivity contribution in [2.45, 2.75) is 13.8 Å². The molecule has 0 bridgehead atoms. The van der Waals surface area contributed by atoms with Gasteiger partial charge in [-0.15, -0.1) is 11.6 Å². The fourth-order valence-electron chi connectivity index (χ4n) is 1.89. The third-order valence-electron chi connectivity index (χ3n) is 3.11. The summed E-state index contributed by atoms with van der Waals surface area (Å²) in [5.41, 5.74) is 3.42. The zero-order valence-corrected chi connectivity index (χ0v) is 12.0. The van der Waals surface area contributed by atoms with Gasteiger partial charge in [0.2, 0.25) is 0 Å². The van der Waals surface area contributed by atoms with Gasteiger partial charge in [0.05, 0.1) is 0 Å². The lowest BCUT2D eigenvalue weighted by atomic mass is 10.1. The molecular weight excluding hydrogens is 244 g/mol. The van der Waals surface area contributed by atoms with Crippen molar-refractivity contribution in [3.8, 4) is 0 Å². The minimum Gasteiger partial charge on any atom is -0.130 e. The monoisotopic (exact) mass is 259 g/mol. The van der Waals surface area contributed by atoms with Crippen molar-refractivity contribution in [1.82, 2.24) is 0 Å². The second-order valence-electron chi connectivity index (χ2n) is 4.28. The van der Waals surface area contributed by atoms with Crippen LogP contribution in [0.2, 0.25) is 0 Å². The molecular formula is C15H16ClSi. The predicted molar refractivity (Wildman–Crippen MR) is 78.1 cm³/mol. The van der Waals surface area contributed by atoms with Gasteiger partial charge in [-0.05, 0) is 25.0 Å². The first-order valence-corrected chi connectivity index (χ1v) is 8.01. The van der Waals surface area contributed by atoms with Crippen molar-refractivity contribution in [2.75, 3.05) is 5.50 Å². The summed E-state index contributed by atoms with van der Waals surface area (Å²) >= 11 is 6.17. The molecule has 0 amide bonds. The molecule has 0 saturated heterocycles. The average molecular weight is 260 g/mol. The van der Waals surface area contributed by atoms with Crippen LogP contribution in [0.3, 0.4) is 0 Å². The molecule has 0 fully saturated rings. The Hall–Kier alpha value is -1.05. The summed E-state index contributed by atoms with van der Waals surface area (Å²) in [5, 5.41) is 2.79. The number of hydrogen-bond donors (Lipinski definition) is 0. The van der Waals surface area contributed by atoms with E-state index in [9.17, 15) is 0 Å². The highest BCUT2D eigenvalue weighted by Gasteiger charge is 2.15. The summed E-state index contributed by atoms with van der Waals surface area (Å²) < 4.78 is 0. The summed E-state index contributed by atoms with van der Waals surface area (Å²) in [4.78, 5) is 0. The topological polar surface area (TPSA) is 0 Å². The molecule has 0 aliphatic heterocycles. The summed E-state index contributed by atoms with van der Waals surface area (Å²) in [5.74, 6) is 0. The zero-order chi connectivity index (χ0) is 12.3.